The van der Waals surface area contributed by atoms with Gasteiger partial charge < -0.3 is 4.74 Å². The van der Waals surface area contributed by atoms with Gasteiger partial charge in [0.1, 0.15) is 0 Å². The summed E-state index contributed by atoms with van der Waals surface area (Å²) in [7, 11) is 0. The largest absolute Gasteiger partial charge is 0.373 e. The summed E-state index contributed by atoms with van der Waals surface area (Å²) in [4.78, 5) is 14.6. The van der Waals surface area contributed by atoms with Crippen molar-refractivity contribution in [2.45, 2.75) is 46.3 Å². The monoisotopic (exact) mass is 275 g/mol. The number of aryl methyl sites for hydroxylation is 2. The van der Waals surface area contributed by atoms with E-state index in [0.29, 0.717) is 6.42 Å². The molecule has 20 heavy (non-hydrogen) atoms. The number of carbonyl (C=O) groups excluding carboxylic acids is 1. The molecular formula is C17H25NO2. The van der Waals surface area contributed by atoms with E-state index in [1.54, 1.807) is 0 Å². The van der Waals surface area contributed by atoms with E-state index in [0.717, 1.165) is 36.3 Å². The Morgan fingerprint density at radius 3 is 2.25 bits per heavy atom. The lowest BCUT2D eigenvalue weighted by molar-refractivity contribution is -0.0675. The molecule has 2 rings (SSSR count). The van der Waals surface area contributed by atoms with Crippen LogP contribution in [0.2, 0.25) is 0 Å². The van der Waals surface area contributed by atoms with E-state index in [-0.39, 0.29) is 18.0 Å². The minimum absolute atomic E-state index is 0.239. The van der Waals surface area contributed by atoms with Crippen molar-refractivity contribution in [2.75, 3.05) is 19.6 Å². The van der Waals surface area contributed by atoms with E-state index in [9.17, 15) is 4.79 Å². The van der Waals surface area contributed by atoms with E-state index in [2.05, 4.69) is 24.8 Å². The molecular weight excluding hydrogens is 250 g/mol. The molecule has 1 aromatic rings. The molecule has 1 aromatic carbocycles. The molecule has 0 amide bonds. The molecule has 1 saturated heterocycles. The van der Waals surface area contributed by atoms with Crippen molar-refractivity contribution in [3.05, 3.63) is 34.9 Å². The average molecular weight is 275 g/mol. The molecule has 0 aromatic heterocycles. The zero-order valence-electron chi connectivity index (χ0n) is 13.0. The topological polar surface area (TPSA) is 29.5 Å². The fourth-order valence-corrected chi connectivity index (χ4v) is 3.01. The highest BCUT2D eigenvalue weighted by atomic mass is 16.5. The van der Waals surface area contributed by atoms with Crippen molar-refractivity contribution >= 4 is 5.78 Å². The summed E-state index contributed by atoms with van der Waals surface area (Å²) < 4.78 is 5.71. The van der Waals surface area contributed by atoms with Crippen LogP contribution in [0.4, 0.5) is 0 Å². The quantitative estimate of drug-likeness (QED) is 0.791. The number of rotatable bonds is 4. The standard InChI is InChI=1S/C17H25NO2/c1-12-7-13(2)9-16(8-12)17(19)5-6-18-10-14(3)20-15(4)11-18/h7-9,14-15H,5-6,10-11H2,1-4H3. The van der Waals surface area contributed by atoms with Gasteiger partial charge >= 0.3 is 0 Å². The number of ether oxygens (including phenoxy) is 1. The number of carbonyl (C=O) groups is 1. The van der Waals surface area contributed by atoms with Gasteiger partial charge in [0.25, 0.3) is 0 Å². The van der Waals surface area contributed by atoms with Crippen LogP contribution in [0.15, 0.2) is 18.2 Å². The summed E-state index contributed by atoms with van der Waals surface area (Å²) in [6, 6.07) is 6.07. The van der Waals surface area contributed by atoms with Crippen molar-refractivity contribution in [3.8, 4) is 0 Å². The van der Waals surface area contributed by atoms with Crippen LogP contribution < -0.4 is 0 Å². The third kappa shape index (κ3) is 4.15. The van der Waals surface area contributed by atoms with Crippen molar-refractivity contribution < 1.29 is 9.53 Å². The molecule has 3 heteroatoms. The molecule has 0 aliphatic carbocycles. The number of benzene rings is 1. The molecule has 2 unspecified atom stereocenters. The maximum Gasteiger partial charge on any atom is 0.164 e. The molecule has 0 spiro atoms. The summed E-state index contributed by atoms with van der Waals surface area (Å²) in [5, 5.41) is 0. The number of nitrogens with zero attached hydrogens (tertiary/aromatic N) is 1. The van der Waals surface area contributed by atoms with E-state index >= 15 is 0 Å². The second kappa shape index (κ2) is 6.51. The Kier molecular flexibility index (Phi) is 4.95. The van der Waals surface area contributed by atoms with Crippen molar-refractivity contribution in [1.82, 2.24) is 4.90 Å². The number of Topliss-reactive ketones (excluding diaryl/α,β-unsaturated/α-hetero) is 1. The van der Waals surface area contributed by atoms with Crippen LogP contribution >= 0.6 is 0 Å². The summed E-state index contributed by atoms with van der Waals surface area (Å²) in [6.45, 7) is 10.9. The first-order valence-electron chi connectivity index (χ1n) is 7.43. The molecule has 0 bridgehead atoms. The van der Waals surface area contributed by atoms with Crippen molar-refractivity contribution in [1.29, 1.82) is 0 Å². The highest BCUT2D eigenvalue weighted by Crippen LogP contribution is 2.14. The van der Waals surface area contributed by atoms with E-state index in [1.807, 2.05) is 26.0 Å². The molecule has 110 valence electrons. The van der Waals surface area contributed by atoms with Gasteiger partial charge in [-0.1, -0.05) is 17.2 Å². The molecule has 2 atom stereocenters. The predicted octanol–water partition coefficient (Wildman–Crippen LogP) is 2.99. The smallest absolute Gasteiger partial charge is 0.164 e. The Morgan fingerprint density at radius 2 is 1.70 bits per heavy atom. The van der Waals surface area contributed by atoms with Crippen LogP contribution in [0, 0.1) is 13.8 Å². The zero-order valence-corrected chi connectivity index (χ0v) is 13.0. The Balaban J connectivity index is 1.91. The maximum absolute atomic E-state index is 12.3. The minimum Gasteiger partial charge on any atom is -0.373 e. The number of hydrogen-bond donors (Lipinski definition) is 0. The average Bonchev–Trinajstić information content (AvgIpc) is 2.33. The summed E-state index contributed by atoms with van der Waals surface area (Å²) in [6.07, 6.45) is 1.10. The Hall–Kier alpha value is -1.19. The molecule has 1 fully saturated rings. The summed E-state index contributed by atoms with van der Waals surface area (Å²) in [5.41, 5.74) is 3.15. The lowest BCUT2D eigenvalue weighted by atomic mass is 10.0. The molecule has 0 radical (unpaired) electrons. The fourth-order valence-electron chi connectivity index (χ4n) is 3.01. The Morgan fingerprint density at radius 1 is 1.15 bits per heavy atom. The molecule has 1 aliphatic heterocycles. The van der Waals surface area contributed by atoms with Crippen LogP contribution in [0.3, 0.4) is 0 Å². The third-order valence-corrected chi connectivity index (χ3v) is 3.69. The van der Waals surface area contributed by atoms with Crippen molar-refractivity contribution in [2.24, 2.45) is 0 Å². The predicted molar refractivity (Wildman–Crippen MR) is 81.3 cm³/mol. The molecule has 1 aliphatic rings. The highest BCUT2D eigenvalue weighted by Gasteiger charge is 2.22. The van der Waals surface area contributed by atoms with E-state index in [4.69, 9.17) is 4.74 Å². The number of ketones is 1. The number of morpholine rings is 1. The van der Waals surface area contributed by atoms with Gasteiger partial charge in [-0.25, -0.2) is 0 Å². The molecule has 3 nitrogen and oxygen atoms in total. The maximum atomic E-state index is 12.3. The van der Waals surface area contributed by atoms with Gasteiger partial charge in [-0.15, -0.1) is 0 Å². The minimum atomic E-state index is 0.239. The summed E-state index contributed by atoms with van der Waals surface area (Å²) in [5.74, 6) is 0.239. The normalized spacial score (nSPS) is 23.8. The number of hydrogen-bond acceptors (Lipinski definition) is 3. The third-order valence-electron chi connectivity index (χ3n) is 3.69. The van der Waals surface area contributed by atoms with Crippen molar-refractivity contribution in [3.63, 3.8) is 0 Å². The second-order valence-electron chi connectivity index (χ2n) is 6.07. The molecule has 0 N–H and O–H groups in total. The molecule has 0 saturated carbocycles. The van der Waals surface area contributed by atoms with E-state index in [1.165, 1.54) is 0 Å². The van der Waals surface area contributed by atoms with Gasteiger partial charge in [-0.3, -0.25) is 9.69 Å². The Bertz CT molecular complexity index is 454. The van der Waals surface area contributed by atoms with E-state index < -0.39 is 0 Å². The van der Waals surface area contributed by atoms with Gasteiger partial charge in [0.05, 0.1) is 12.2 Å². The van der Waals surface area contributed by atoms with Crippen LogP contribution in [0.1, 0.15) is 41.8 Å². The van der Waals surface area contributed by atoms with Crippen LogP contribution in [-0.4, -0.2) is 42.5 Å². The van der Waals surface area contributed by atoms with Gasteiger partial charge in [0.2, 0.25) is 0 Å². The molecule has 1 heterocycles. The van der Waals surface area contributed by atoms with Gasteiger partial charge in [0.15, 0.2) is 5.78 Å². The zero-order chi connectivity index (χ0) is 14.7. The van der Waals surface area contributed by atoms with Crippen LogP contribution in [0.5, 0.6) is 0 Å². The van der Waals surface area contributed by atoms with Crippen LogP contribution in [-0.2, 0) is 4.74 Å². The van der Waals surface area contributed by atoms with Crippen LogP contribution in [0.25, 0.3) is 0 Å². The lowest BCUT2D eigenvalue weighted by Crippen LogP contribution is -2.46. The highest BCUT2D eigenvalue weighted by molar-refractivity contribution is 5.96. The first-order chi connectivity index (χ1) is 9.44. The van der Waals surface area contributed by atoms with Gasteiger partial charge in [-0.05, 0) is 39.8 Å². The first kappa shape index (κ1) is 15.2. The first-order valence-corrected chi connectivity index (χ1v) is 7.43. The fraction of sp³-hybridized carbons (Fsp3) is 0.588. The van der Waals surface area contributed by atoms with Gasteiger partial charge in [0, 0.05) is 31.6 Å². The lowest BCUT2D eigenvalue weighted by Gasteiger charge is -2.35. The SMILES string of the molecule is Cc1cc(C)cc(C(=O)CCN2CC(C)OC(C)C2)c1. The summed E-state index contributed by atoms with van der Waals surface area (Å²) >= 11 is 0. The van der Waals surface area contributed by atoms with Gasteiger partial charge in [-0.2, -0.15) is 0 Å². The Labute approximate surface area is 121 Å². The second-order valence-corrected chi connectivity index (χ2v) is 6.07.